The number of benzene rings is 2. The van der Waals surface area contributed by atoms with Crippen LogP contribution >= 0.6 is 0 Å². The van der Waals surface area contributed by atoms with E-state index < -0.39 is 0 Å². The molecule has 0 radical (unpaired) electrons. The summed E-state index contributed by atoms with van der Waals surface area (Å²) in [5.74, 6) is 1.68. The summed E-state index contributed by atoms with van der Waals surface area (Å²) in [7, 11) is 0. The predicted octanol–water partition coefficient (Wildman–Crippen LogP) is 4.79. The number of ether oxygens (including phenoxy) is 1. The number of esters is 1. The van der Waals surface area contributed by atoms with E-state index in [9.17, 15) is 14.0 Å². The second-order valence-electron chi connectivity index (χ2n) is 7.47. The predicted molar refractivity (Wildman–Crippen MR) is 95.5 cm³/mol. The first-order valence-electron chi connectivity index (χ1n) is 9.19. The van der Waals surface area contributed by atoms with Gasteiger partial charge in [-0.25, -0.2) is 4.39 Å². The Morgan fingerprint density at radius 2 is 1.58 bits per heavy atom. The fourth-order valence-corrected chi connectivity index (χ4v) is 4.46. The van der Waals surface area contributed by atoms with Crippen LogP contribution < -0.4 is 4.74 Å². The molecular weight excluding hydrogens is 331 g/mol. The van der Waals surface area contributed by atoms with Crippen molar-refractivity contribution >= 4 is 11.8 Å². The highest BCUT2D eigenvalue weighted by Crippen LogP contribution is 2.49. The van der Waals surface area contributed by atoms with Crippen LogP contribution in [0.25, 0.3) is 0 Å². The zero-order chi connectivity index (χ0) is 18.1. The highest BCUT2D eigenvalue weighted by molar-refractivity contribution is 6.09. The lowest BCUT2D eigenvalue weighted by Gasteiger charge is -2.20. The highest BCUT2D eigenvalue weighted by atomic mass is 19.1. The lowest BCUT2D eigenvalue weighted by Crippen LogP contribution is -2.18. The van der Waals surface area contributed by atoms with Gasteiger partial charge in [0.05, 0.1) is 0 Å². The Balaban J connectivity index is 1.36. The molecule has 2 bridgehead atoms. The minimum atomic E-state index is -0.376. The summed E-state index contributed by atoms with van der Waals surface area (Å²) in [5.41, 5.74) is 0.900. The SMILES string of the molecule is O=C(C[C@H]1C[C@@H]2CC[C@H]1C2)Oc1ccc(C(=O)c2ccc(F)cc2)cc1. The summed E-state index contributed by atoms with van der Waals surface area (Å²) in [5, 5.41) is 0. The number of hydrogen-bond donors (Lipinski definition) is 0. The molecule has 2 saturated carbocycles. The molecule has 4 heteroatoms. The van der Waals surface area contributed by atoms with Crippen molar-refractivity contribution in [1.29, 1.82) is 0 Å². The van der Waals surface area contributed by atoms with Crippen molar-refractivity contribution in [1.82, 2.24) is 0 Å². The average molecular weight is 352 g/mol. The van der Waals surface area contributed by atoms with Gasteiger partial charge in [-0.2, -0.15) is 0 Å². The molecule has 0 heterocycles. The van der Waals surface area contributed by atoms with E-state index in [2.05, 4.69) is 0 Å². The van der Waals surface area contributed by atoms with Crippen LogP contribution in [0.5, 0.6) is 5.75 Å². The molecule has 0 aliphatic heterocycles. The second kappa shape index (κ2) is 7.02. The Kier molecular flexibility index (Phi) is 4.58. The van der Waals surface area contributed by atoms with Gasteiger partial charge in [0.15, 0.2) is 5.78 Å². The van der Waals surface area contributed by atoms with Gasteiger partial charge in [-0.1, -0.05) is 6.42 Å². The lowest BCUT2D eigenvalue weighted by molar-refractivity contribution is -0.135. The number of rotatable bonds is 5. The Hall–Kier alpha value is -2.49. The van der Waals surface area contributed by atoms with Crippen LogP contribution in [0.2, 0.25) is 0 Å². The molecule has 0 aromatic heterocycles. The van der Waals surface area contributed by atoms with Crippen molar-refractivity contribution in [3.05, 3.63) is 65.5 Å². The molecule has 3 atom stereocenters. The standard InChI is InChI=1S/C22H21FO3/c23-19-7-3-15(4-8-19)22(25)16-5-9-20(10-6-16)26-21(24)13-18-12-14-1-2-17(18)11-14/h3-10,14,17-18H,1-2,11-13H2/t14-,17+,18-/m1/s1. The molecule has 2 aliphatic carbocycles. The number of fused-ring (bicyclic) bond motifs is 2. The van der Waals surface area contributed by atoms with Crippen molar-refractivity contribution in [2.24, 2.45) is 17.8 Å². The summed E-state index contributed by atoms with van der Waals surface area (Å²) in [4.78, 5) is 24.6. The zero-order valence-electron chi connectivity index (χ0n) is 14.5. The quantitative estimate of drug-likeness (QED) is 0.441. The zero-order valence-corrected chi connectivity index (χ0v) is 14.5. The number of carbonyl (C=O) groups is 2. The first-order chi connectivity index (χ1) is 12.6. The van der Waals surface area contributed by atoms with E-state index in [1.807, 2.05) is 0 Å². The molecule has 2 aliphatic rings. The van der Waals surface area contributed by atoms with Crippen LogP contribution in [0.15, 0.2) is 48.5 Å². The van der Waals surface area contributed by atoms with Gasteiger partial charge in [0.2, 0.25) is 0 Å². The molecule has 2 fully saturated rings. The molecule has 0 N–H and O–H groups in total. The Labute approximate surface area is 152 Å². The Bertz CT molecular complexity index is 810. The summed E-state index contributed by atoms with van der Waals surface area (Å²) in [6, 6.07) is 12.0. The number of ketones is 1. The fraction of sp³-hybridized carbons (Fsp3) is 0.364. The second-order valence-corrected chi connectivity index (χ2v) is 7.47. The maximum Gasteiger partial charge on any atom is 0.311 e. The third-order valence-corrected chi connectivity index (χ3v) is 5.77. The van der Waals surface area contributed by atoms with Crippen molar-refractivity contribution < 1.29 is 18.7 Å². The largest absolute Gasteiger partial charge is 0.427 e. The summed E-state index contributed by atoms with van der Waals surface area (Å²) in [6.07, 6.45) is 5.49. The molecular formula is C22H21FO3. The minimum Gasteiger partial charge on any atom is -0.427 e. The van der Waals surface area contributed by atoms with Crippen LogP contribution in [-0.2, 0) is 4.79 Å². The number of hydrogen-bond acceptors (Lipinski definition) is 3. The van der Waals surface area contributed by atoms with Crippen molar-refractivity contribution in [3.8, 4) is 5.75 Å². The van der Waals surface area contributed by atoms with Gasteiger partial charge in [-0.15, -0.1) is 0 Å². The van der Waals surface area contributed by atoms with Crippen LogP contribution in [-0.4, -0.2) is 11.8 Å². The van der Waals surface area contributed by atoms with Crippen LogP contribution in [0.1, 0.15) is 48.0 Å². The van der Waals surface area contributed by atoms with Gasteiger partial charge in [-0.3, -0.25) is 9.59 Å². The van der Waals surface area contributed by atoms with E-state index in [-0.39, 0.29) is 17.6 Å². The molecule has 0 saturated heterocycles. The van der Waals surface area contributed by atoms with Crippen LogP contribution in [0.3, 0.4) is 0 Å². The van der Waals surface area contributed by atoms with E-state index in [0.717, 1.165) is 12.3 Å². The van der Waals surface area contributed by atoms with E-state index in [1.54, 1.807) is 24.3 Å². The van der Waals surface area contributed by atoms with Crippen LogP contribution in [0, 0.1) is 23.6 Å². The molecule has 3 nitrogen and oxygen atoms in total. The highest BCUT2D eigenvalue weighted by Gasteiger charge is 2.40. The van der Waals surface area contributed by atoms with Gasteiger partial charge >= 0.3 is 5.97 Å². The van der Waals surface area contributed by atoms with Gasteiger partial charge in [-0.05, 0) is 85.5 Å². The number of carbonyl (C=O) groups excluding carboxylic acids is 2. The fourth-order valence-electron chi connectivity index (χ4n) is 4.46. The smallest absolute Gasteiger partial charge is 0.311 e. The molecule has 134 valence electrons. The average Bonchev–Trinajstić information content (AvgIpc) is 3.25. The third kappa shape index (κ3) is 3.55. The molecule has 0 spiro atoms. The molecule has 2 aromatic carbocycles. The molecule has 2 aromatic rings. The van der Waals surface area contributed by atoms with Crippen LogP contribution in [0.4, 0.5) is 4.39 Å². The normalized spacial score (nSPS) is 23.8. The van der Waals surface area contributed by atoms with Crippen molar-refractivity contribution in [2.45, 2.75) is 32.1 Å². The molecule has 0 amide bonds. The summed E-state index contributed by atoms with van der Waals surface area (Å²) in [6.45, 7) is 0. The monoisotopic (exact) mass is 352 g/mol. The van der Waals surface area contributed by atoms with Gasteiger partial charge in [0.1, 0.15) is 11.6 Å². The van der Waals surface area contributed by atoms with E-state index in [1.165, 1.54) is 43.5 Å². The van der Waals surface area contributed by atoms with E-state index in [0.29, 0.717) is 35.1 Å². The first kappa shape index (κ1) is 17.0. The maximum atomic E-state index is 13.0. The molecule has 26 heavy (non-hydrogen) atoms. The third-order valence-electron chi connectivity index (χ3n) is 5.77. The Morgan fingerprint density at radius 1 is 0.923 bits per heavy atom. The van der Waals surface area contributed by atoms with Gasteiger partial charge in [0.25, 0.3) is 0 Å². The summed E-state index contributed by atoms with van der Waals surface area (Å²) < 4.78 is 18.4. The summed E-state index contributed by atoms with van der Waals surface area (Å²) >= 11 is 0. The van der Waals surface area contributed by atoms with E-state index in [4.69, 9.17) is 4.74 Å². The van der Waals surface area contributed by atoms with Crippen molar-refractivity contribution in [2.75, 3.05) is 0 Å². The molecule has 4 rings (SSSR count). The molecule has 0 unspecified atom stereocenters. The van der Waals surface area contributed by atoms with Gasteiger partial charge < -0.3 is 4.74 Å². The number of halogens is 1. The lowest BCUT2D eigenvalue weighted by atomic mass is 9.86. The van der Waals surface area contributed by atoms with Gasteiger partial charge in [0, 0.05) is 17.5 Å². The minimum absolute atomic E-state index is 0.190. The van der Waals surface area contributed by atoms with Crippen molar-refractivity contribution in [3.63, 3.8) is 0 Å². The first-order valence-corrected chi connectivity index (χ1v) is 9.19. The maximum absolute atomic E-state index is 13.0. The topological polar surface area (TPSA) is 43.4 Å². The van der Waals surface area contributed by atoms with E-state index >= 15 is 0 Å². The Morgan fingerprint density at radius 3 is 2.15 bits per heavy atom.